The third kappa shape index (κ3) is 3.67. The molecular weight excluding hydrogens is 196 g/mol. The Balaban J connectivity index is 2.22. The molecule has 1 atom stereocenters. The summed E-state index contributed by atoms with van der Waals surface area (Å²) in [4.78, 5) is 15.3. The Morgan fingerprint density at radius 1 is 1.73 bits per heavy atom. The van der Waals surface area contributed by atoms with Gasteiger partial charge in [0.1, 0.15) is 0 Å². The number of rotatable bonds is 6. The minimum atomic E-state index is -0.104. The molecule has 84 valence electrons. The summed E-state index contributed by atoms with van der Waals surface area (Å²) in [6, 6.07) is 0. The number of hydrogen-bond acceptors (Lipinski definition) is 5. The number of aromatic nitrogens is 2. The normalized spacial score (nSPS) is 12.4. The summed E-state index contributed by atoms with van der Waals surface area (Å²) in [6.45, 7) is 2.82. The molecule has 1 heterocycles. The van der Waals surface area contributed by atoms with Crippen LogP contribution in [0.1, 0.15) is 19.2 Å². The number of nitrogens with two attached hydrogens (primary N) is 1. The zero-order chi connectivity index (χ0) is 11.1. The van der Waals surface area contributed by atoms with Crippen LogP contribution in [0.4, 0.5) is 0 Å². The molecule has 0 saturated heterocycles. The van der Waals surface area contributed by atoms with Crippen molar-refractivity contribution in [1.82, 2.24) is 15.5 Å². The third-order valence-corrected chi connectivity index (χ3v) is 2.19. The second kappa shape index (κ2) is 6.13. The van der Waals surface area contributed by atoms with E-state index in [1.54, 1.807) is 0 Å². The highest BCUT2D eigenvalue weighted by Crippen LogP contribution is 1.99. The smallest absolute Gasteiger partial charge is 0.228 e. The summed E-state index contributed by atoms with van der Waals surface area (Å²) in [7, 11) is 0. The van der Waals surface area contributed by atoms with E-state index in [1.807, 2.05) is 6.92 Å². The van der Waals surface area contributed by atoms with Crippen molar-refractivity contribution in [2.24, 2.45) is 11.7 Å². The van der Waals surface area contributed by atoms with Crippen molar-refractivity contribution < 1.29 is 9.32 Å². The lowest BCUT2D eigenvalue weighted by Gasteiger charge is -2.11. The van der Waals surface area contributed by atoms with Gasteiger partial charge in [-0.3, -0.25) is 4.79 Å². The van der Waals surface area contributed by atoms with Crippen molar-refractivity contribution in [3.05, 3.63) is 12.2 Å². The molecule has 6 heteroatoms. The molecule has 3 N–H and O–H groups in total. The molecule has 1 aromatic heterocycles. The maximum Gasteiger partial charge on any atom is 0.228 e. The molecule has 1 unspecified atom stereocenters. The van der Waals surface area contributed by atoms with Crippen LogP contribution < -0.4 is 11.1 Å². The molecule has 1 rings (SSSR count). The predicted octanol–water partition coefficient (Wildman–Crippen LogP) is -0.287. The minimum absolute atomic E-state index is 0.0143. The Hall–Kier alpha value is -1.43. The van der Waals surface area contributed by atoms with Crippen molar-refractivity contribution in [3.8, 4) is 0 Å². The van der Waals surface area contributed by atoms with Gasteiger partial charge in [0.25, 0.3) is 0 Å². The van der Waals surface area contributed by atoms with Gasteiger partial charge in [-0.15, -0.1) is 0 Å². The average Bonchev–Trinajstić information content (AvgIpc) is 2.72. The number of nitrogens with zero attached hydrogens (tertiary/aromatic N) is 2. The van der Waals surface area contributed by atoms with E-state index in [9.17, 15) is 4.79 Å². The SMILES string of the molecule is CCC(CN)C(=O)NCCc1ncno1. The molecule has 1 amide bonds. The van der Waals surface area contributed by atoms with E-state index in [4.69, 9.17) is 10.3 Å². The monoisotopic (exact) mass is 212 g/mol. The first-order chi connectivity index (χ1) is 7.27. The third-order valence-electron chi connectivity index (χ3n) is 2.19. The van der Waals surface area contributed by atoms with E-state index >= 15 is 0 Å². The van der Waals surface area contributed by atoms with Gasteiger partial charge in [-0.25, -0.2) is 0 Å². The summed E-state index contributed by atoms with van der Waals surface area (Å²) in [5.74, 6) is 0.406. The van der Waals surface area contributed by atoms with Gasteiger partial charge in [-0.05, 0) is 6.42 Å². The number of amides is 1. The predicted molar refractivity (Wildman–Crippen MR) is 53.8 cm³/mol. The molecule has 1 aromatic rings. The summed E-state index contributed by atoms with van der Waals surface area (Å²) < 4.78 is 4.79. The van der Waals surface area contributed by atoms with Gasteiger partial charge < -0.3 is 15.6 Å². The highest BCUT2D eigenvalue weighted by Gasteiger charge is 2.13. The molecule has 0 saturated carbocycles. The first-order valence-corrected chi connectivity index (χ1v) is 5.01. The second-order valence-corrected chi connectivity index (χ2v) is 3.22. The van der Waals surface area contributed by atoms with Crippen LogP contribution in [0.15, 0.2) is 10.9 Å². The van der Waals surface area contributed by atoms with Crippen LogP contribution in [0, 0.1) is 5.92 Å². The zero-order valence-electron chi connectivity index (χ0n) is 8.77. The van der Waals surface area contributed by atoms with E-state index in [0.29, 0.717) is 25.4 Å². The van der Waals surface area contributed by atoms with Gasteiger partial charge in [0.2, 0.25) is 11.8 Å². The number of nitrogens with one attached hydrogen (secondary N) is 1. The Kier molecular flexibility index (Phi) is 4.76. The highest BCUT2D eigenvalue weighted by molar-refractivity contribution is 5.78. The van der Waals surface area contributed by atoms with Crippen molar-refractivity contribution in [2.75, 3.05) is 13.1 Å². The maximum atomic E-state index is 11.5. The molecular formula is C9H16N4O2. The molecule has 0 aliphatic rings. The van der Waals surface area contributed by atoms with E-state index in [-0.39, 0.29) is 11.8 Å². The Morgan fingerprint density at radius 3 is 3.07 bits per heavy atom. The van der Waals surface area contributed by atoms with Crippen LogP contribution >= 0.6 is 0 Å². The van der Waals surface area contributed by atoms with E-state index < -0.39 is 0 Å². The highest BCUT2D eigenvalue weighted by atomic mass is 16.5. The summed E-state index contributed by atoms with van der Waals surface area (Å²) in [5.41, 5.74) is 5.45. The van der Waals surface area contributed by atoms with Crippen molar-refractivity contribution in [3.63, 3.8) is 0 Å². The van der Waals surface area contributed by atoms with Crippen LogP contribution in [0.5, 0.6) is 0 Å². The topological polar surface area (TPSA) is 94.0 Å². The average molecular weight is 212 g/mol. The van der Waals surface area contributed by atoms with Crippen LogP contribution in [-0.2, 0) is 11.2 Å². The Labute approximate surface area is 88.2 Å². The molecule has 0 spiro atoms. The van der Waals surface area contributed by atoms with Gasteiger partial charge in [-0.1, -0.05) is 12.1 Å². The zero-order valence-corrected chi connectivity index (χ0v) is 8.77. The lowest BCUT2D eigenvalue weighted by atomic mass is 10.1. The molecule has 0 aliphatic carbocycles. The van der Waals surface area contributed by atoms with Crippen molar-refractivity contribution in [2.45, 2.75) is 19.8 Å². The van der Waals surface area contributed by atoms with Gasteiger partial charge >= 0.3 is 0 Å². The largest absolute Gasteiger partial charge is 0.355 e. The van der Waals surface area contributed by atoms with Gasteiger partial charge in [0.15, 0.2) is 6.33 Å². The maximum absolute atomic E-state index is 11.5. The van der Waals surface area contributed by atoms with Crippen molar-refractivity contribution in [1.29, 1.82) is 0 Å². The summed E-state index contributed by atoms with van der Waals surface area (Å²) in [5, 5.41) is 6.24. The van der Waals surface area contributed by atoms with Crippen molar-refractivity contribution >= 4 is 5.91 Å². The molecule has 0 radical (unpaired) electrons. The second-order valence-electron chi connectivity index (χ2n) is 3.22. The quantitative estimate of drug-likeness (QED) is 0.676. The Bertz CT molecular complexity index is 282. The van der Waals surface area contributed by atoms with E-state index in [1.165, 1.54) is 6.33 Å². The number of carbonyl (C=O) groups excluding carboxylic acids is 1. The van der Waals surface area contributed by atoms with Crippen LogP contribution in [-0.4, -0.2) is 29.1 Å². The molecule has 0 aliphatic heterocycles. The minimum Gasteiger partial charge on any atom is -0.355 e. The molecule has 15 heavy (non-hydrogen) atoms. The van der Waals surface area contributed by atoms with E-state index in [2.05, 4.69) is 15.5 Å². The fourth-order valence-corrected chi connectivity index (χ4v) is 1.20. The van der Waals surface area contributed by atoms with Crippen LogP contribution in [0.2, 0.25) is 0 Å². The lowest BCUT2D eigenvalue weighted by molar-refractivity contribution is -0.124. The number of carbonyl (C=O) groups is 1. The van der Waals surface area contributed by atoms with Gasteiger partial charge in [0, 0.05) is 25.4 Å². The molecule has 6 nitrogen and oxygen atoms in total. The molecule has 0 aromatic carbocycles. The lowest BCUT2D eigenvalue weighted by Crippen LogP contribution is -2.35. The summed E-state index contributed by atoms with van der Waals surface area (Å²) in [6.07, 6.45) is 2.64. The van der Waals surface area contributed by atoms with Gasteiger partial charge in [-0.2, -0.15) is 4.98 Å². The van der Waals surface area contributed by atoms with Gasteiger partial charge in [0.05, 0.1) is 0 Å². The van der Waals surface area contributed by atoms with Crippen LogP contribution in [0.25, 0.3) is 0 Å². The van der Waals surface area contributed by atoms with E-state index in [0.717, 1.165) is 6.42 Å². The Morgan fingerprint density at radius 2 is 2.53 bits per heavy atom. The fraction of sp³-hybridized carbons (Fsp3) is 0.667. The first-order valence-electron chi connectivity index (χ1n) is 5.01. The first kappa shape index (κ1) is 11.6. The molecule has 0 bridgehead atoms. The number of hydrogen-bond donors (Lipinski definition) is 2. The fourth-order valence-electron chi connectivity index (χ4n) is 1.20. The standard InChI is InChI=1S/C9H16N4O2/c1-2-7(5-10)9(14)11-4-3-8-12-6-13-15-8/h6-7H,2-5,10H2,1H3,(H,11,14). The summed E-state index contributed by atoms with van der Waals surface area (Å²) >= 11 is 0. The molecule has 0 fully saturated rings. The van der Waals surface area contributed by atoms with Crippen LogP contribution in [0.3, 0.4) is 0 Å².